The molecular formula is C6H7F3N2. The Balaban J connectivity index is 2.49. The van der Waals surface area contributed by atoms with Crippen LogP contribution in [0.5, 0.6) is 0 Å². The van der Waals surface area contributed by atoms with Crippen LogP contribution in [0.2, 0.25) is 0 Å². The summed E-state index contributed by atoms with van der Waals surface area (Å²) in [7, 11) is 0. The van der Waals surface area contributed by atoms with E-state index >= 15 is 0 Å². The lowest BCUT2D eigenvalue weighted by atomic mass is 10.2. The minimum Gasteiger partial charge on any atom is -0.291 e. The summed E-state index contributed by atoms with van der Waals surface area (Å²) in [5.74, 6) is 0. The number of nitrogens with one attached hydrogen (secondary N) is 1. The first-order valence-corrected chi connectivity index (χ1v) is 3.20. The molecule has 1 N–H and O–H groups in total. The van der Waals surface area contributed by atoms with Crippen LogP contribution in [0, 0.1) is 11.3 Å². The second-order valence-corrected chi connectivity index (χ2v) is 2.59. The van der Waals surface area contributed by atoms with Crippen LogP contribution < -0.4 is 5.32 Å². The first-order valence-electron chi connectivity index (χ1n) is 3.20. The zero-order chi connectivity index (χ0) is 8.54. The lowest BCUT2D eigenvalue weighted by Crippen LogP contribution is -2.44. The van der Waals surface area contributed by atoms with E-state index in [1.807, 2.05) is 0 Å². The number of hydrogen-bond acceptors (Lipinski definition) is 2. The van der Waals surface area contributed by atoms with Crippen molar-refractivity contribution in [1.29, 1.82) is 5.26 Å². The second-order valence-electron chi connectivity index (χ2n) is 2.59. The summed E-state index contributed by atoms with van der Waals surface area (Å²) < 4.78 is 36.1. The molecule has 1 rings (SSSR count). The highest BCUT2D eigenvalue weighted by Gasteiger charge is 2.62. The van der Waals surface area contributed by atoms with Gasteiger partial charge in [-0.2, -0.15) is 18.4 Å². The van der Waals surface area contributed by atoms with Crippen LogP contribution in [0.3, 0.4) is 0 Å². The Morgan fingerprint density at radius 3 is 2.27 bits per heavy atom. The molecule has 0 aromatic rings. The van der Waals surface area contributed by atoms with E-state index in [-0.39, 0.29) is 19.4 Å². The fourth-order valence-electron chi connectivity index (χ4n) is 0.894. The van der Waals surface area contributed by atoms with E-state index < -0.39 is 11.7 Å². The van der Waals surface area contributed by atoms with Crippen molar-refractivity contribution in [2.45, 2.75) is 24.6 Å². The number of halogens is 3. The molecule has 0 bridgehead atoms. The SMILES string of the molecule is N#CCNC1(C(F)(F)F)CC1. The van der Waals surface area contributed by atoms with Crippen LogP contribution in [-0.2, 0) is 0 Å². The van der Waals surface area contributed by atoms with Gasteiger partial charge < -0.3 is 0 Å². The van der Waals surface area contributed by atoms with Gasteiger partial charge in [0.2, 0.25) is 0 Å². The summed E-state index contributed by atoms with van der Waals surface area (Å²) in [4.78, 5) is 0. The van der Waals surface area contributed by atoms with Gasteiger partial charge in [-0.1, -0.05) is 0 Å². The molecule has 1 aliphatic carbocycles. The van der Waals surface area contributed by atoms with E-state index in [9.17, 15) is 13.2 Å². The maximum absolute atomic E-state index is 12.0. The minimum atomic E-state index is -4.20. The molecule has 0 atom stereocenters. The average molecular weight is 164 g/mol. The molecule has 1 fully saturated rings. The van der Waals surface area contributed by atoms with Crippen molar-refractivity contribution < 1.29 is 13.2 Å². The van der Waals surface area contributed by atoms with Crippen molar-refractivity contribution in [3.05, 3.63) is 0 Å². The monoisotopic (exact) mass is 164 g/mol. The van der Waals surface area contributed by atoms with Gasteiger partial charge in [0, 0.05) is 0 Å². The predicted octanol–water partition coefficient (Wildman–Crippen LogP) is 1.19. The number of hydrogen-bond donors (Lipinski definition) is 1. The highest BCUT2D eigenvalue weighted by atomic mass is 19.4. The van der Waals surface area contributed by atoms with E-state index in [1.54, 1.807) is 6.07 Å². The van der Waals surface area contributed by atoms with Crippen LogP contribution in [0.25, 0.3) is 0 Å². The third-order valence-electron chi connectivity index (χ3n) is 1.80. The molecule has 11 heavy (non-hydrogen) atoms. The molecule has 5 heteroatoms. The quantitative estimate of drug-likeness (QED) is 0.622. The molecule has 0 radical (unpaired) electrons. The van der Waals surface area contributed by atoms with Crippen LogP contribution >= 0.6 is 0 Å². The van der Waals surface area contributed by atoms with Crippen molar-refractivity contribution in [3.8, 4) is 6.07 Å². The van der Waals surface area contributed by atoms with E-state index in [1.165, 1.54) is 0 Å². The van der Waals surface area contributed by atoms with Crippen molar-refractivity contribution in [1.82, 2.24) is 5.32 Å². The van der Waals surface area contributed by atoms with Gasteiger partial charge in [-0.3, -0.25) is 5.32 Å². The van der Waals surface area contributed by atoms with Gasteiger partial charge in [-0.25, -0.2) is 0 Å². The molecule has 0 amide bonds. The molecule has 0 aromatic heterocycles. The Hall–Kier alpha value is -0.760. The molecule has 0 unspecified atom stereocenters. The maximum Gasteiger partial charge on any atom is 0.406 e. The van der Waals surface area contributed by atoms with Gasteiger partial charge in [0.1, 0.15) is 5.54 Å². The van der Waals surface area contributed by atoms with Gasteiger partial charge in [0.25, 0.3) is 0 Å². The second kappa shape index (κ2) is 2.38. The standard InChI is InChI=1S/C6H7F3N2/c7-6(8,9)5(1-2-5)11-4-3-10/h11H,1-2,4H2. The number of nitriles is 1. The smallest absolute Gasteiger partial charge is 0.291 e. The molecule has 0 spiro atoms. The highest BCUT2D eigenvalue weighted by Crippen LogP contribution is 2.48. The van der Waals surface area contributed by atoms with E-state index in [0.717, 1.165) is 0 Å². The van der Waals surface area contributed by atoms with Crippen molar-refractivity contribution in [3.63, 3.8) is 0 Å². The topological polar surface area (TPSA) is 35.8 Å². The summed E-state index contributed by atoms with van der Waals surface area (Å²) >= 11 is 0. The molecule has 0 heterocycles. The molecular weight excluding hydrogens is 157 g/mol. The molecule has 1 saturated carbocycles. The number of rotatable bonds is 2. The van der Waals surface area contributed by atoms with E-state index in [0.29, 0.717) is 0 Å². The number of nitrogens with zero attached hydrogens (tertiary/aromatic N) is 1. The van der Waals surface area contributed by atoms with E-state index in [2.05, 4.69) is 5.32 Å². The van der Waals surface area contributed by atoms with Gasteiger partial charge in [-0.15, -0.1) is 0 Å². The van der Waals surface area contributed by atoms with Gasteiger partial charge in [0.05, 0.1) is 12.6 Å². The van der Waals surface area contributed by atoms with Crippen molar-refractivity contribution >= 4 is 0 Å². The maximum atomic E-state index is 12.0. The molecule has 0 aromatic carbocycles. The van der Waals surface area contributed by atoms with Crippen molar-refractivity contribution in [2.75, 3.05) is 6.54 Å². The van der Waals surface area contributed by atoms with Crippen LogP contribution in [-0.4, -0.2) is 18.3 Å². The third kappa shape index (κ3) is 1.46. The summed E-state index contributed by atoms with van der Waals surface area (Å²) in [5.41, 5.74) is -1.73. The zero-order valence-corrected chi connectivity index (χ0v) is 5.70. The fraction of sp³-hybridized carbons (Fsp3) is 0.833. The Labute approximate surface area is 62.0 Å². The molecule has 2 nitrogen and oxygen atoms in total. The lowest BCUT2D eigenvalue weighted by Gasteiger charge is -2.18. The van der Waals surface area contributed by atoms with Crippen LogP contribution in [0.4, 0.5) is 13.2 Å². The van der Waals surface area contributed by atoms with Gasteiger partial charge >= 0.3 is 6.18 Å². The predicted molar refractivity (Wildman–Crippen MR) is 31.6 cm³/mol. The van der Waals surface area contributed by atoms with Crippen LogP contribution in [0.1, 0.15) is 12.8 Å². The lowest BCUT2D eigenvalue weighted by molar-refractivity contribution is -0.165. The summed E-state index contributed by atoms with van der Waals surface area (Å²) in [5, 5.41) is 10.2. The highest BCUT2D eigenvalue weighted by molar-refractivity contribution is 5.08. The molecule has 0 saturated heterocycles. The zero-order valence-electron chi connectivity index (χ0n) is 5.70. The summed E-state index contributed by atoms with van der Waals surface area (Å²) in [6.07, 6.45) is -4.01. The summed E-state index contributed by atoms with van der Waals surface area (Å²) in [6.45, 7) is -0.237. The first-order chi connectivity index (χ1) is 5.02. The molecule has 1 aliphatic rings. The summed E-state index contributed by atoms with van der Waals surface area (Å²) in [6, 6.07) is 1.62. The Morgan fingerprint density at radius 2 is 2.00 bits per heavy atom. The normalized spacial score (nSPS) is 20.9. The molecule has 0 aliphatic heterocycles. The van der Waals surface area contributed by atoms with Gasteiger partial charge in [-0.05, 0) is 12.8 Å². The fourth-order valence-corrected chi connectivity index (χ4v) is 0.894. The third-order valence-corrected chi connectivity index (χ3v) is 1.80. The Bertz CT molecular complexity index is 187. The Kier molecular flexibility index (Phi) is 1.80. The average Bonchev–Trinajstić information content (AvgIpc) is 2.61. The Morgan fingerprint density at radius 1 is 1.45 bits per heavy atom. The van der Waals surface area contributed by atoms with Gasteiger partial charge in [0.15, 0.2) is 0 Å². The first kappa shape index (κ1) is 8.34. The minimum absolute atomic E-state index is 0.0954. The van der Waals surface area contributed by atoms with Crippen LogP contribution in [0.15, 0.2) is 0 Å². The number of alkyl halides is 3. The van der Waals surface area contributed by atoms with E-state index in [4.69, 9.17) is 5.26 Å². The van der Waals surface area contributed by atoms with Crippen molar-refractivity contribution in [2.24, 2.45) is 0 Å². The largest absolute Gasteiger partial charge is 0.406 e. The molecule has 62 valence electrons.